The molecule has 1 fully saturated rings. The maximum Gasteiger partial charge on any atom is 0.232 e. The van der Waals surface area contributed by atoms with Crippen LogP contribution in [0.15, 0.2) is 53.4 Å². The summed E-state index contributed by atoms with van der Waals surface area (Å²) in [5.74, 6) is 0.388. The topological polar surface area (TPSA) is 90.6 Å². The van der Waals surface area contributed by atoms with Crippen LogP contribution < -0.4 is 15.8 Å². The molecule has 1 unspecified atom stereocenters. The van der Waals surface area contributed by atoms with E-state index in [1.807, 2.05) is 36.4 Å². The Bertz CT molecular complexity index is 912. The fourth-order valence-corrected chi connectivity index (χ4v) is 8.95. The molecular weight excluding hydrogens is 431 g/mol. The summed E-state index contributed by atoms with van der Waals surface area (Å²) in [6, 6.07) is 16.0. The van der Waals surface area contributed by atoms with Crippen LogP contribution in [0.2, 0.25) is 0 Å². The van der Waals surface area contributed by atoms with E-state index in [2.05, 4.69) is 17.4 Å². The molecule has 1 aliphatic heterocycles. The van der Waals surface area contributed by atoms with Crippen LogP contribution in [0.5, 0.6) is 5.75 Å². The largest absolute Gasteiger partial charge is 0.497 e. The Labute approximate surface area is 188 Å². The molecule has 0 aromatic heterocycles. The van der Waals surface area contributed by atoms with E-state index in [4.69, 9.17) is 15.2 Å². The molecule has 1 aliphatic rings. The summed E-state index contributed by atoms with van der Waals surface area (Å²) in [5, 5.41) is 2.43. The van der Waals surface area contributed by atoms with Gasteiger partial charge in [0, 0.05) is 30.3 Å². The summed E-state index contributed by atoms with van der Waals surface area (Å²) in [7, 11) is 1.67. The maximum absolute atomic E-state index is 13.6. The summed E-state index contributed by atoms with van der Waals surface area (Å²) in [6.07, 6.45) is -0.0991. The molecule has 0 radical (unpaired) electrons. The number of methoxy groups -OCH3 is 1. The van der Waals surface area contributed by atoms with E-state index in [1.165, 1.54) is 16.9 Å². The van der Waals surface area contributed by atoms with Crippen LogP contribution in [0.1, 0.15) is 24.8 Å². The fraction of sp³-hybridized carbons (Fsp3) is 0.435. The number of hydrogen-bond acceptors (Lipinski definition) is 6. The predicted molar refractivity (Wildman–Crippen MR) is 128 cm³/mol. The molecule has 0 saturated carbocycles. The van der Waals surface area contributed by atoms with Crippen molar-refractivity contribution in [2.75, 3.05) is 38.8 Å². The molecule has 3 N–H and O–H groups in total. The SMILES string of the molecule is COc1ccc(CCCNc2ccc(SP(C)(=O)C3(C(N)=O)CCOCC3)cc2)cc1. The Morgan fingerprint density at radius 3 is 2.39 bits per heavy atom. The van der Waals surface area contributed by atoms with Crippen molar-refractivity contribution in [1.29, 1.82) is 0 Å². The molecule has 0 spiro atoms. The monoisotopic (exact) mass is 462 g/mol. The zero-order chi connectivity index (χ0) is 22.3. The highest BCUT2D eigenvalue weighted by Gasteiger charge is 2.51. The Morgan fingerprint density at radius 2 is 1.81 bits per heavy atom. The van der Waals surface area contributed by atoms with E-state index in [1.54, 1.807) is 13.8 Å². The minimum Gasteiger partial charge on any atom is -0.497 e. The van der Waals surface area contributed by atoms with Gasteiger partial charge in [-0.25, -0.2) is 0 Å². The molecule has 1 saturated heterocycles. The highest BCUT2D eigenvalue weighted by molar-refractivity contribution is 8.58. The molecule has 2 aromatic carbocycles. The highest BCUT2D eigenvalue weighted by Crippen LogP contribution is 2.70. The van der Waals surface area contributed by atoms with Gasteiger partial charge in [-0.05, 0) is 74.3 Å². The lowest BCUT2D eigenvalue weighted by molar-refractivity contribution is -0.122. The van der Waals surface area contributed by atoms with Gasteiger partial charge in [-0.1, -0.05) is 23.5 Å². The number of amides is 1. The molecule has 1 amide bonds. The molecule has 8 heteroatoms. The van der Waals surface area contributed by atoms with Crippen molar-refractivity contribution in [2.24, 2.45) is 5.73 Å². The van der Waals surface area contributed by atoms with Gasteiger partial charge in [0.05, 0.1) is 7.11 Å². The lowest BCUT2D eigenvalue weighted by atomic mass is 9.98. The van der Waals surface area contributed by atoms with Crippen LogP contribution in [-0.4, -0.2) is 44.6 Å². The zero-order valence-electron chi connectivity index (χ0n) is 18.1. The van der Waals surface area contributed by atoms with Gasteiger partial charge in [0.15, 0.2) is 6.34 Å². The van der Waals surface area contributed by atoms with E-state index in [9.17, 15) is 9.36 Å². The first-order valence-electron chi connectivity index (χ1n) is 10.5. The third kappa shape index (κ3) is 5.85. The number of carbonyl (C=O) groups excluding carboxylic acids is 1. The summed E-state index contributed by atoms with van der Waals surface area (Å²) >= 11 is 1.28. The first kappa shape index (κ1) is 23.7. The number of ether oxygens (including phenoxy) is 2. The second kappa shape index (κ2) is 10.6. The van der Waals surface area contributed by atoms with Crippen molar-refractivity contribution in [2.45, 2.75) is 35.7 Å². The van der Waals surface area contributed by atoms with Crippen LogP contribution in [0.25, 0.3) is 0 Å². The van der Waals surface area contributed by atoms with Crippen LogP contribution in [0, 0.1) is 0 Å². The maximum atomic E-state index is 13.6. The average molecular weight is 463 g/mol. The van der Waals surface area contributed by atoms with E-state index in [-0.39, 0.29) is 0 Å². The molecule has 3 rings (SSSR count). The Balaban J connectivity index is 1.52. The predicted octanol–water partition coefficient (Wildman–Crippen LogP) is 4.77. The first-order valence-corrected chi connectivity index (χ1v) is 14.1. The number of nitrogens with two attached hydrogens (primary N) is 1. The van der Waals surface area contributed by atoms with E-state index in [0.717, 1.165) is 35.7 Å². The number of nitrogens with one attached hydrogen (secondary N) is 1. The molecule has 1 atom stereocenters. The average Bonchev–Trinajstić information content (AvgIpc) is 2.78. The van der Waals surface area contributed by atoms with Crippen LogP contribution >= 0.6 is 17.7 Å². The van der Waals surface area contributed by atoms with Crippen molar-refractivity contribution in [3.63, 3.8) is 0 Å². The van der Waals surface area contributed by atoms with Crippen molar-refractivity contribution in [3.8, 4) is 5.75 Å². The second-order valence-electron chi connectivity index (χ2n) is 7.85. The normalized spacial score (nSPS) is 17.5. The molecule has 31 heavy (non-hydrogen) atoms. The smallest absolute Gasteiger partial charge is 0.232 e. The first-order chi connectivity index (χ1) is 14.9. The Hall–Kier alpha value is -1.95. The van der Waals surface area contributed by atoms with Gasteiger partial charge in [-0.2, -0.15) is 0 Å². The summed E-state index contributed by atoms with van der Waals surface area (Å²) in [5.41, 5.74) is 7.99. The second-order valence-corrected chi connectivity index (χ2v) is 13.7. The van der Waals surface area contributed by atoms with Gasteiger partial charge >= 0.3 is 0 Å². The van der Waals surface area contributed by atoms with Gasteiger partial charge < -0.3 is 25.1 Å². The Morgan fingerprint density at radius 1 is 1.16 bits per heavy atom. The number of anilines is 1. The zero-order valence-corrected chi connectivity index (χ0v) is 19.8. The van der Waals surface area contributed by atoms with Crippen molar-refractivity contribution < 1.29 is 18.8 Å². The van der Waals surface area contributed by atoms with Gasteiger partial charge in [0.2, 0.25) is 5.91 Å². The standard InChI is InChI=1S/C23H31N2O4PS/c1-28-20-9-5-18(6-10-20)4-3-15-25-19-7-11-21(12-8-19)31-30(2,27)23(22(24)26)13-16-29-17-14-23/h5-12,25H,3-4,13-17H2,1-2H3,(H2,24,26). The van der Waals surface area contributed by atoms with Crippen LogP contribution in [0.4, 0.5) is 5.69 Å². The molecule has 0 bridgehead atoms. The summed E-state index contributed by atoms with van der Waals surface area (Å²) in [6.45, 7) is 3.37. The highest BCUT2D eigenvalue weighted by atomic mass is 32.7. The fourth-order valence-electron chi connectivity index (χ4n) is 3.80. The minimum absolute atomic E-state index is 0.414. The van der Waals surface area contributed by atoms with Crippen molar-refractivity contribution in [1.82, 2.24) is 0 Å². The number of rotatable bonds is 10. The van der Waals surface area contributed by atoms with Crippen molar-refractivity contribution in [3.05, 3.63) is 54.1 Å². The third-order valence-corrected chi connectivity index (χ3v) is 11.6. The quantitative estimate of drug-likeness (QED) is 0.390. The molecule has 6 nitrogen and oxygen atoms in total. The molecule has 168 valence electrons. The van der Waals surface area contributed by atoms with Gasteiger partial charge in [0.1, 0.15) is 10.9 Å². The van der Waals surface area contributed by atoms with E-state index >= 15 is 0 Å². The van der Waals surface area contributed by atoms with Gasteiger partial charge in [-0.15, -0.1) is 0 Å². The molecule has 1 heterocycles. The van der Waals surface area contributed by atoms with E-state index in [0.29, 0.717) is 26.1 Å². The molecule has 2 aromatic rings. The number of carbonyl (C=O) groups is 1. The molecular formula is C23H31N2O4PS. The van der Waals surface area contributed by atoms with Crippen LogP contribution in [-0.2, 0) is 20.5 Å². The van der Waals surface area contributed by atoms with Gasteiger partial charge in [0.25, 0.3) is 0 Å². The van der Waals surface area contributed by atoms with Crippen LogP contribution in [0.3, 0.4) is 0 Å². The van der Waals surface area contributed by atoms with Crippen molar-refractivity contribution >= 4 is 29.3 Å². The summed E-state index contributed by atoms with van der Waals surface area (Å²) in [4.78, 5) is 13.1. The lowest BCUT2D eigenvalue weighted by Gasteiger charge is -2.38. The van der Waals surface area contributed by atoms with Gasteiger partial charge in [-0.3, -0.25) is 4.79 Å². The minimum atomic E-state index is -2.93. The van der Waals surface area contributed by atoms with E-state index < -0.39 is 17.4 Å². The number of benzene rings is 2. The summed E-state index contributed by atoms with van der Waals surface area (Å²) < 4.78 is 24.1. The lowest BCUT2D eigenvalue weighted by Crippen LogP contribution is -2.47. The molecule has 0 aliphatic carbocycles. The number of hydrogen-bond donors (Lipinski definition) is 2. The number of primary amides is 1. The Kier molecular flexibility index (Phi) is 8.09. The third-order valence-electron chi connectivity index (χ3n) is 5.82. The number of aryl methyl sites for hydroxylation is 1.